The Morgan fingerprint density at radius 1 is 1.58 bits per heavy atom. The predicted octanol–water partition coefficient (Wildman–Crippen LogP) is -0.872. The van der Waals surface area contributed by atoms with Gasteiger partial charge in [0.05, 0.1) is 6.67 Å². The van der Waals surface area contributed by atoms with Crippen molar-refractivity contribution < 1.29 is 4.79 Å². The molecule has 2 saturated heterocycles. The first kappa shape index (κ1) is 8.01. The minimum Gasteiger partial charge on any atom is -0.342 e. The molecule has 4 nitrogen and oxygen atoms in total. The van der Waals surface area contributed by atoms with Crippen LogP contribution in [0.4, 0.5) is 0 Å². The molecular formula is C8H15N3O. The van der Waals surface area contributed by atoms with Gasteiger partial charge in [-0.3, -0.25) is 9.69 Å². The van der Waals surface area contributed by atoms with Crippen LogP contribution in [0.2, 0.25) is 0 Å². The molecule has 0 aromatic rings. The van der Waals surface area contributed by atoms with Crippen LogP contribution in [0.15, 0.2) is 0 Å². The van der Waals surface area contributed by atoms with E-state index in [2.05, 4.69) is 15.5 Å². The minimum absolute atomic E-state index is 0.192. The Morgan fingerprint density at radius 3 is 2.92 bits per heavy atom. The summed E-state index contributed by atoms with van der Waals surface area (Å²) in [4.78, 5) is 13.7. The van der Waals surface area contributed by atoms with E-state index >= 15 is 0 Å². The highest BCUT2D eigenvalue weighted by atomic mass is 16.2. The Hall–Kier alpha value is -0.610. The molecule has 0 unspecified atom stereocenters. The van der Waals surface area contributed by atoms with E-state index < -0.39 is 0 Å². The number of amides is 1. The van der Waals surface area contributed by atoms with Gasteiger partial charge in [0.25, 0.3) is 0 Å². The van der Waals surface area contributed by atoms with Gasteiger partial charge in [-0.1, -0.05) is 0 Å². The highest BCUT2D eigenvalue weighted by molar-refractivity contribution is 5.88. The summed E-state index contributed by atoms with van der Waals surface area (Å²) < 4.78 is 0. The lowest BCUT2D eigenvalue weighted by molar-refractivity contribution is -0.127. The molecular weight excluding hydrogens is 154 g/mol. The van der Waals surface area contributed by atoms with Crippen LogP contribution in [-0.2, 0) is 4.79 Å². The largest absolute Gasteiger partial charge is 0.342 e. The number of carbonyl (C=O) groups is 1. The number of likely N-dealkylation sites (N-methyl/N-ethyl adjacent to an activating group) is 1. The monoisotopic (exact) mass is 169 g/mol. The molecule has 1 spiro atoms. The van der Waals surface area contributed by atoms with Crippen LogP contribution < -0.4 is 10.6 Å². The van der Waals surface area contributed by atoms with Crippen molar-refractivity contribution in [1.82, 2.24) is 15.5 Å². The van der Waals surface area contributed by atoms with Crippen molar-refractivity contribution >= 4 is 5.91 Å². The molecule has 0 aromatic heterocycles. The molecule has 0 radical (unpaired) electrons. The smallest absolute Gasteiger partial charge is 0.242 e. The summed E-state index contributed by atoms with van der Waals surface area (Å²) in [6, 6.07) is 0. The maximum atomic E-state index is 11.6. The SMILES string of the molecule is CN1CNC(=O)[C@@]12CCCNC2. The van der Waals surface area contributed by atoms with Crippen LogP contribution in [0.1, 0.15) is 12.8 Å². The Morgan fingerprint density at radius 2 is 2.42 bits per heavy atom. The van der Waals surface area contributed by atoms with E-state index in [0.717, 1.165) is 25.9 Å². The van der Waals surface area contributed by atoms with Gasteiger partial charge in [0.2, 0.25) is 5.91 Å². The highest BCUT2D eigenvalue weighted by Gasteiger charge is 2.47. The van der Waals surface area contributed by atoms with Crippen molar-refractivity contribution in [2.24, 2.45) is 0 Å². The van der Waals surface area contributed by atoms with E-state index in [0.29, 0.717) is 6.67 Å². The average molecular weight is 169 g/mol. The summed E-state index contributed by atoms with van der Waals surface area (Å²) in [6.07, 6.45) is 2.08. The zero-order valence-corrected chi connectivity index (χ0v) is 7.39. The molecule has 0 aromatic carbocycles. The zero-order valence-electron chi connectivity index (χ0n) is 7.39. The fourth-order valence-corrected chi connectivity index (χ4v) is 2.09. The van der Waals surface area contributed by atoms with E-state index in [9.17, 15) is 4.79 Å². The molecule has 68 valence electrons. The fourth-order valence-electron chi connectivity index (χ4n) is 2.09. The van der Waals surface area contributed by atoms with Gasteiger partial charge in [-0.25, -0.2) is 0 Å². The Labute approximate surface area is 72.3 Å². The summed E-state index contributed by atoms with van der Waals surface area (Å²) >= 11 is 0. The number of rotatable bonds is 0. The first-order valence-electron chi connectivity index (χ1n) is 4.46. The van der Waals surface area contributed by atoms with Crippen LogP contribution >= 0.6 is 0 Å². The highest BCUT2D eigenvalue weighted by Crippen LogP contribution is 2.25. The second-order valence-electron chi connectivity index (χ2n) is 3.67. The average Bonchev–Trinajstić information content (AvgIpc) is 2.36. The van der Waals surface area contributed by atoms with Crippen molar-refractivity contribution in [3.05, 3.63) is 0 Å². The second kappa shape index (κ2) is 2.71. The van der Waals surface area contributed by atoms with Crippen molar-refractivity contribution in [1.29, 1.82) is 0 Å². The maximum absolute atomic E-state index is 11.6. The summed E-state index contributed by atoms with van der Waals surface area (Å²) in [5.41, 5.74) is -0.238. The second-order valence-corrected chi connectivity index (χ2v) is 3.67. The molecule has 4 heteroatoms. The van der Waals surface area contributed by atoms with Gasteiger partial charge in [-0.05, 0) is 26.4 Å². The first-order valence-corrected chi connectivity index (χ1v) is 4.46. The Balaban J connectivity index is 2.20. The van der Waals surface area contributed by atoms with Crippen molar-refractivity contribution in [3.63, 3.8) is 0 Å². The summed E-state index contributed by atoms with van der Waals surface area (Å²) in [5.74, 6) is 0.192. The van der Waals surface area contributed by atoms with Gasteiger partial charge in [0, 0.05) is 6.54 Å². The Kier molecular flexibility index (Phi) is 1.81. The van der Waals surface area contributed by atoms with Crippen LogP contribution in [0.3, 0.4) is 0 Å². The molecule has 0 saturated carbocycles. The van der Waals surface area contributed by atoms with Crippen LogP contribution in [-0.4, -0.2) is 43.2 Å². The standard InChI is InChI=1S/C8H15N3O/c1-11-6-10-7(12)8(11)3-2-4-9-5-8/h9H,2-6H2,1H3,(H,10,12)/t8-/m0/s1. The molecule has 2 aliphatic rings. The number of nitrogens with zero attached hydrogens (tertiary/aromatic N) is 1. The van der Waals surface area contributed by atoms with Gasteiger partial charge >= 0.3 is 0 Å². The third-order valence-electron chi connectivity index (χ3n) is 2.99. The summed E-state index contributed by atoms with van der Waals surface area (Å²) in [7, 11) is 2.00. The van der Waals surface area contributed by atoms with E-state index in [4.69, 9.17) is 0 Å². The topological polar surface area (TPSA) is 44.4 Å². The molecule has 2 heterocycles. The lowest BCUT2D eigenvalue weighted by atomic mass is 9.89. The third kappa shape index (κ3) is 0.949. The maximum Gasteiger partial charge on any atom is 0.242 e. The van der Waals surface area contributed by atoms with Crippen molar-refractivity contribution in [2.45, 2.75) is 18.4 Å². The lowest BCUT2D eigenvalue weighted by Gasteiger charge is -2.36. The molecule has 2 rings (SSSR count). The summed E-state index contributed by atoms with van der Waals surface area (Å²) in [6.45, 7) is 2.54. The van der Waals surface area contributed by atoms with Crippen molar-refractivity contribution in [2.75, 3.05) is 26.8 Å². The minimum atomic E-state index is -0.238. The summed E-state index contributed by atoms with van der Waals surface area (Å²) in [5, 5.41) is 6.15. The molecule has 12 heavy (non-hydrogen) atoms. The molecule has 1 atom stereocenters. The van der Waals surface area contributed by atoms with E-state index in [-0.39, 0.29) is 11.4 Å². The van der Waals surface area contributed by atoms with Gasteiger partial charge in [0.15, 0.2) is 0 Å². The number of hydrogen-bond acceptors (Lipinski definition) is 3. The third-order valence-corrected chi connectivity index (χ3v) is 2.99. The molecule has 0 aliphatic carbocycles. The van der Waals surface area contributed by atoms with E-state index in [1.165, 1.54) is 0 Å². The number of carbonyl (C=O) groups excluding carboxylic acids is 1. The zero-order chi connectivity index (χ0) is 8.60. The van der Waals surface area contributed by atoms with Gasteiger partial charge < -0.3 is 10.6 Å². The molecule has 2 aliphatic heterocycles. The van der Waals surface area contributed by atoms with E-state index in [1.807, 2.05) is 7.05 Å². The molecule has 2 N–H and O–H groups in total. The van der Waals surface area contributed by atoms with E-state index in [1.54, 1.807) is 0 Å². The van der Waals surface area contributed by atoms with Gasteiger partial charge in [0.1, 0.15) is 5.54 Å². The van der Waals surface area contributed by atoms with Crippen LogP contribution in [0, 0.1) is 0 Å². The molecule has 1 amide bonds. The number of hydrogen-bond donors (Lipinski definition) is 2. The van der Waals surface area contributed by atoms with Gasteiger partial charge in [-0.15, -0.1) is 0 Å². The first-order chi connectivity index (χ1) is 5.76. The molecule has 0 bridgehead atoms. The van der Waals surface area contributed by atoms with Crippen LogP contribution in [0.25, 0.3) is 0 Å². The fraction of sp³-hybridized carbons (Fsp3) is 0.875. The van der Waals surface area contributed by atoms with Crippen LogP contribution in [0.5, 0.6) is 0 Å². The van der Waals surface area contributed by atoms with Crippen molar-refractivity contribution in [3.8, 4) is 0 Å². The Bertz CT molecular complexity index is 198. The van der Waals surface area contributed by atoms with Gasteiger partial charge in [-0.2, -0.15) is 0 Å². The normalized spacial score (nSPS) is 37.2. The predicted molar refractivity (Wildman–Crippen MR) is 45.6 cm³/mol. The lowest BCUT2D eigenvalue weighted by Crippen LogP contribution is -2.57. The molecule has 2 fully saturated rings. The number of piperidine rings is 1. The number of nitrogens with one attached hydrogen (secondary N) is 2. The quantitative estimate of drug-likeness (QED) is 0.495.